The van der Waals surface area contributed by atoms with Crippen LogP contribution in [0.5, 0.6) is 0 Å². The highest BCUT2D eigenvalue weighted by atomic mass is 16.4. The average molecular weight is 255 g/mol. The molecule has 0 aromatic rings. The number of rotatable bonds is 4. The van der Waals surface area contributed by atoms with Gasteiger partial charge in [-0.2, -0.15) is 0 Å². The number of nitrogens with one attached hydrogen (secondary N) is 1. The van der Waals surface area contributed by atoms with Crippen LogP contribution >= 0.6 is 0 Å². The van der Waals surface area contributed by atoms with Crippen molar-refractivity contribution in [1.29, 1.82) is 0 Å². The smallest absolute Gasteiger partial charge is 0.326 e. The molecule has 1 fully saturated rings. The Hall–Kier alpha value is -1.06. The van der Waals surface area contributed by atoms with E-state index >= 15 is 0 Å². The second-order valence-electron chi connectivity index (χ2n) is 6.35. The summed E-state index contributed by atoms with van der Waals surface area (Å²) in [6, 6.07) is -0.736. The van der Waals surface area contributed by atoms with E-state index in [0.717, 1.165) is 12.8 Å². The minimum atomic E-state index is -0.918. The number of carbonyl (C=O) groups is 2. The second kappa shape index (κ2) is 6.21. The van der Waals surface area contributed by atoms with Gasteiger partial charge in [-0.15, -0.1) is 0 Å². The van der Waals surface area contributed by atoms with Crippen molar-refractivity contribution >= 4 is 11.9 Å². The summed E-state index contributed by atoms with van der Waals surface area (Å²) in [5, 5.41) is 11.9. The number of hydrogen-bond acceptors (Lipinski definition) is 2. The third-order valence-corrected chi connectivity index (χ3v) is 3.58. The zero-order chi connectivity index (χ0) is 13.8. The van der Waals surface area contributed by atoms with Gasteiger partial charge in [-0.3, -0.25) is 4.79 Å². The predicted molar refractivity (Wildman–Crippen MR) is 70.2 cm³/mol. The van der Waals surface area contributed by atoms with Crippen molar-refractivity contribution in [2.75, 3.05) is 0 Å². The molecule has 0 heterocycles. The van der Waals surface area contributed by atoms with E-state index in [1.54, 1.807) is 20.8 Å². The van der Waals surface area contributed by atoms with E-state index in [4.69, 9.17) is 0 Å². The molecule has 1 rings (SSSR count). The van der Waals surface area contributed by atoms with Gasteiger partial charge in [0.2, 0.25) is 5.91 Å². The molecule has 1 aliphatic rings. The summed E-state index contributed by atoms with van der Waals surface area (Å²) in [5.74, 6) is -0.663. The zero-order valence-electron chi connectivity index (χ0n) is 11.7. The largest absolute Gasteiger partial charge is 0.480 e. The molecule has 1 amide bonds. The lowest BCUT2D eigenvalue weighted by molar-refractivity contribution is -0.143. The lowest BCUT2D eigenvalue weighted by atomic mass is 9.84. The monoisotopic (exact) mass is 255 g/mol. The van der Waals surface area contributed by atoms with Crippen LogP contribution in [0.2, 0.25) is 0 Å². The van der Waals surface area contributed by atoms with Crippen molar-refractivity contribution in [3.8, 4) is 0 Å². The third-order valence-electron chi connectivity index (χ3n) is 3.58. The van der Waals surface area contributed by atoms with Crippen LogP contribution in [0, 0.1) is 11.3 Å². The van der Waals surface area contributed by atoms with Crippen LogP contribution < -0.4 is 5.32 Å². The number of aliphatic carboxylic acids is 1. The molecule has 1 saturated carbocycles. The SMILES string of the molecule is CC(C)(C)C(=O)N[C@H](CC1CCCCC1)C(=O)O. The Balaban J connectivity index is 2.54. The van der Waals surface area contributed by atoms with Crippen LogP contribution in [0.25, 0.3) is 0 Å². The fraction of sp³-hybridized carbons (Fsp3) is 0.857. The van der Waals surface area contributed by atoms with E-state index in [2.05, 4.69) is 5.32 Å². The quantitative estimate of drug-likeness (QED) is 0.811. The van der Waals surface area contributed by atoms with Crippen molar-refractivity contribution in [2.24, 2.45) is 11.3 Å². The Morgan fingerprint density at radius 2 is 1.78 bits per heavy atom. The maximum absolute atomic E-state index is 11.8. The molecule has 0 saturated heterocycles. The first-order valence-electron chi connectivity index (χ1n) is 6.84. The van der Waals surface area contributed by atoms with Gasteiger partial charge in [-0.1, -0.05) is 52.9 Å². The van der Waals surface area contributed by atoms with E-state index in [0.29, 0.717) is 12.3 Å². The van der Waals surface area contributed by atoms with Gasteiger partial charge in [-0.25, -0.2) is 4.79 Å². The summed E-state index contributed by atoms with van der Waals surface area (Å²) in [6.45, 7) is 5.38. The molecule has 1 atom stereocenters. The van der Waals surface area contributed by atoms with Crippen LogP contribution in [-0.2, 0) is 9.59 Å². The van der Waals surface area contributed by atoms with E-state index in [1.165, 1.54) is 19.3 Å². The van der Waals surface area contributed by atoms with Crippen LogP contribution in [0.1, 0.15) is 59.3 Å². The maximum Gasteiger partial charge on any atom is 0.326 e. The van der Waals surface area contributed by atoms with Gasteiger partial charge in [0.25, 0.3) is 0 Å². The molecular formula is C14H25NO3. The van der Waals surface area contributed by atoms with Gasteiger partial charge in [0.15, 0.2) is 0 Å². The summed E-state index contributed by atoms with van der Waals surface area (Å²) < 4.78 is 0. The topological polar surface area (TPSA) is 66.4 Å². The summed E-state index contributed by atoms with van der Waals surface area (Å²) in [7, 11) is 0. The summed E-state index contributed by atoms with van der Waals surface area (Å²) in [5.41, 5.74) is -0.541. The molecule has 4 heteroatoms. The van der Waals surface area contributed by atoms with Gasteiger partial charge in [0.1, 0.15) is 6.04 Å². The molecular weight excluding hydrogens is 230 g/mol. The Labute approximate surface area is 109 Å². The van der Waals surface area contributed by atoms with Crippen molar-refractivity contribution in [2.45, 2.75) is 65.3 Å². The van der Waals surface area contributed by atoms with Gasteiger partial charge >= 0.3 is 5.97 Å². The Kier molecular flexibility index (Phi) is 5.17. The van der Waals surface area contributed by atoms with E-state index in [-0.39, 0.29) is 5.91 Å². The second-order valence-corrected chi connectivity index (χ2v) is 6.35. The first-order chi connectivity index (χ1) is 8.30. The van der Waals surface area contributed by atoms with E-state index in [9.17, 15) is 14.7 Å². The average Bonchev–Trinajstić information content (AvgIpc) is 2.28. The van der Waals surface area contributed by atoms with Crippen LogP contribution in [0.4, 0.5) is 0 Å². The number of carbonyl (C=O) groups excluding carboxylic acids is 1. The number of hydrogen-bond donors (Lipinski definition) is 2. The Morgan fingerprint density at radius 3 is 2.22 bits per heavy atom. The van der Waals surface area contributed by atoms with E-state index in [1.807, 2.05) is 0 Å². The lowest BCUT2D eigenvalue weighted by Gasteiger charge is -2.27. The van der Waals surface area contributed by atoms with Crippen molar-refractivity contribution < 1.29 is 14.7 Å². The molecule has 18 heavy (non-hydrogen) atoms. The number of carboxylic acid groups (broad SMARTS) is 1. The highest BCUT2D eigenvalue weighted by Gasteiger charge is 2.29. The Bertz CT molecular complexity index is 301. The van der Waals surface area contributed by atoms with Gasteiger partial charge < -0.3 is 10.4 Å². The van der Waals surface area contributed by atoms with E-state index < -0.39 is 17.4 Å². The molecule has 0 unspecified atom stereocenters. The highest BCUT2D eigenvalue weighted by Crippen LogP contribution is 2.27. The normalized spacial score (nSPS) is 19.3. The third kappa shape index (κ3) is 4.67. The van der Waals surface area contributed by atoms with Gasteiger partial charge in [0, 0.05) is 5.41 Å². The lowest BCUT2D eigenvalue weighted by Crippen LogP contribution is -2.46. The van der Waals surface area contributed by atoms with Gasteiger partial charge in [0.05, 0.1) is 0 Å². The molecule has 0 spiro atoms. The standard InChI is InChI=1S/C14H25NO3/c1-14(2,3)13(18)15-11(12(16)17)9-10-7-5-4-6-8-10/h10-11H,4-9H2,1-3H3,(H,15,18)(H,16,17)/t11-/m1/s1. The van der Waals surface area contributed by atoms with Crippen LogP contribution in [-0.4, -0.2) is 23.0 Å². The fourth-order valence-electron chi connectivity index (χ4n) is 2.35. The van der Waals surface area contributed by atoms with Crippen LogP contribution in [0.15, 0.2) is 0 Å². The molecule has 0 aliphatic heterocycles. The summed E-state index contributed by atoms with van der Waals surface area (Å²) in [4.78, 5) is 23.1. The molecule has 2 N–H and O–H groups in total. The first-order valence-corrected chi connectivity index (χ1v) is 6.84. The molecule has 104 valence electrons. The maximum atomic E-state index is 11.8. The van der Waals surface area contributed by atoms with Crippen molar-refractivity contribution in [1.82, 2.24) is 5.32 Å². The van der Waals surface area contributed by atoms with Crippen molar-refractivity contribution in [3.05, 3.63) is 0 Å². The molecule has 0 bridgehead atoms. The van der Waals surface area contributed by atoms with Crippen molar-refractivity contribution in [3.63, 3.8) is 0 Å². The first kappa shape index (κ1) is 15.0. The van der Waals surface area contributed by atoms with Gasteiger partial charge in [-0.05, 0) is 12.3 Å². The number of amides is 1. The number of carboxylic acids is 1. The fourth-order valence-corrected chi connectivity index (χ4v) is 2.35. The molecule has 0 aromatic carbocycles. The predicted octanol–water partition coefficient (Wildman–Crippen LogP) is 2.57. The molecule has 0 aromatic heterocycles. The minimum absolute atomic E-state index is 0.189. The zero-order valence-corrected chi connectivity index (χ0v) is 11.7. The minimum Gasteiger partial charge on any atom is -0.480 e. The molecule has 0 radical (unpaired) electrons. The van der Waals surface area contributed by atoms with Crippen LogP contribution in [0.3, 0.4) is 0 Å². The molecule has 1 aliphatic carbocycles. The molecule has 4 nitrogen and oxygen atoms in total. The highest BCUT2D eigenvalue weighted by molar-refractivity contribution is 5.86. The summed E-state index contributed by atoms with van der Waals surface area (Å²) in [6.07, 6.45) is 6.37. The Morgan fingerprint density at radius 1 is 1.22 bits per heavy atom. The summed E-state index contributed by atoms with van der Waals surface area (Å²) >= 11 is 0.